The lowest BCUT2D eigenvalue weighted by Gasteiger charge is -2.14. The van der Waals surface area contributed by atoms with Gasteiger partial charge in [-0.15, -0.1) is 22.7 Å². The van der Waals surface area contributed by atoms with E-state index in [9.17, 15) is 0 Å². The van der Waals surface area contributed by atoms with Crippen LogP contribution >= 0.6 is 22.7 Å². The van der Waals surface area contributed by atoms with Gasteiger partial charge >= 0.3 is 0 Å². The van der Waals surface area contributed by atoms with Crippen LogP contribution in [0, 0.1) is 0 Å². The largest absolute Gasteiger partial charge is 0.395 e. The molecule has 1 N–H and O–H groups in total. The highest BCUT2D eigenvalue weighted by molar-refractivity contribution is 7.24. The molecule has 17 heavy (non-hydrogen) atoms. The highest BCUT2D eigenvalue weighted by atomic mass is 32.1. The molecular weight excluding hydrogens is 250 g/mol. The number of aliphatic hydroxyl groups is 1. The minimum absolute atomic E-state index is 0.184. The van der Waals surface area contributed by atoms with Crippen molar-refractivity contribution in [3.63, 3.8) is 0 Å². The van der Waals surface area contributed by atoms with Gasteiger partial charge in [0.15, 0.2) is 0 Å². The fraction of sp³-hybridized carbons (Fsp3) is 0.231. The van der Waals surface area contributed by atoms with Gasteiger partial charge in [-0.2, -0.15) is 0 Å². The zero-order chi connectivity index (χ0) is 12.3. The van der Waals surface area contributed by atoms with E-state index >= 15 is 0 Å². The Labute approximate surface area is 109 Å². The monoisotopic (exact) mass is 265 g/mol. The van der Waals surface area contributed by atoms with Gasteiger partial charge in [-0.3, -0.25) is 0 Å². The molecule has 0 aliphatic rings. The molecule has 2 aromatic heterocycles. The van der Waals surface area contributed by atoms with Gasteiger partial charge in [0.2, 0.25) is 0 Å². The fourth-order valence-corrected chi connectivity index (χ4v) is 3.46. The first-order valence-corrected chi connectivity index (χ1v) is 7.02. The average molecular weight is 265 g/mol. The number of rotatable bonds is 5. The first-order chi connectivity index (χ1) is 8.24. The number of thiophene rings is 2. The molecule has 0 aliphatic heterocycles. The van der Waals surface area contributed by atoms with Crippen molar-refractivity contribution in [1.29, 1.82) is 0 Å². The Morgan fingerprint density at radius 2 is 1.94 bits per heavy atom. The first-order valence-electron chi connectivity index (χ1n) is 5.39. The summed E-state index contributed by atoms with van der Waals surface area (Å²) in [6, 6.07) is 8.45. The van der Waals surface area contributed by atoms with E-state index in [1.165, 1.54) is 19.6 Å². The molecule has 0 atom stereocenters. The number of likely N-dealkylation sites (N-methyl/N-ethyl adjacent to an activating group) is 1. The summed E-state index contributed by atoms with van der Waals surface area (Å²) in [5.41, 5.74) is 0. The van der Waals surface area contributed by atoms with Crippen LogP contribution < -0.4 is 4.90 Å². The van der Waals surface area contributed by atoms with Crippen LogP contribution in [0.4, 0.5) is 5.00 Å². The fourth-order valence-electron chi connectivity index (χ4n) is 1.52. The molecule has 0 saturated carbocycles. The molecule has 0 bridgehead atoms. The standard InChI is InChI=1S/C13H15NOS2/c1-3-10-4-5-11(16-10)12-6-7-13(17-12)14(2)8-9-15/h3-7,15H,1,8-9H2,2H3. The van der Waals surface area contributed by atoms with Crippen molar-refractivity contribution in [2.24, 2.45) is 0 Å². The molecule has 2 heterocycles. The maximum atomic E-state index is 8.91. The van der Waals surface area contributed by atoms with Crippen molar-refractivity contribution < 1.29 is 5.11 Å². The minimum atomic E-state index is 0.184. The zero-order valence-electron chi connectivity index (χ0n) is 9.72. The van der Waals surface area contributed by atoms with E-state index in [0.717, 1.165) is 0 Å². The number of anilines is 1. The van der Waals surface area contributed by atoms with E-state index in [1.54, 1.807) is 22.7 Å². The predicted octanol–water partition coefficient (Wildman–Crippen LogP) is 3.55. The van der Waals surface area contributed by atoms with Gasteiger partial charge in [0.25, 0.3) is 0 Å². The average Bonchev–Trinajstić information content (AvgIpc) is 2.98. The summed E-state index contributed by atoms with van der Waals surface area (Å²) in [6.07, 6.45) is 1.88. The summed E-state index contributed by atoms with van der Waals surface area (Å²) < 4.78 is 0. The Morgan fingerprint density at radius 3 is 2.59 bits per heavy atom. The lowest BCUT2D eigenvalue weighted by Crippen LogP contribution is -2.19. The van der Waals surface area contributed by atoms with E-state index in [4.69, 9.17) is 5.11 Å². The second-order valence-electron chi connectivity index (χ2n) is 3.69. The number of hydrogen-bond donors (Lipinski definition) is 1. The molecule has 4 heteroatoms. The normalized spacial score (nSPS) is 10.5. The molecule has 2 aromatic rings. The molecule has 0 unspecified atom stereocenters. The number of hydrogen-bond acceptors (Lipinski definition) is 4. The number of aliphatic hydroxyl groups excluding tert-OH is 1. The smallest absolute Gasteiger partial charge is 0.0913 e. The molecule has 2 nitrogen and oxygen atoms in total. The maximum Gasteiger partial charge on any atom is 0.0913 e. The third-order valence-electron chi connectivity index (χ3n) is 2.47. The SMILES string of the molecule is C=Cc1ccc(-c2ccc(N(C)CCO)s2)s1. The van der Waals surface area contributed by atoms with Crippen molar-refractivity contribution in [1.82, 2.24) is 0 Å². The molecular formula is C13H15NOS2. The molecule has 0 fully saturated rings. The topological polar surface area (TPSA) is 23.5 Å². The molecule has 0 radical (unpaired) electrons. The van der Waals surface area contributed by atoms with Crippen LogP contribution in [0.3, 0.4) is 0 Å². The van der Waals surface area contributed by atoms with Crippen molar-refractivity contribution in [3.8, 4) is 9.75 Å². The van der Waals surface area contributed by atoms with E-state index in [1.807, 2.05) is 13.1 Å². The summed E-state index contributed by atoms with van der Waals surface area (Å²) in [5.74, 6) is 0. The van der Waals surface area contributed by atoms with E-state index < -0.39 is 0 Å². The minimum Gasteiger partial charge on any atom is -0.395 e. The van der Waals surface area contributed by atoms with Crippen molar-refractivity contribution in [2.45, 2.75) is 0 Å². The molecule has 0 amide bonds. The van der Waals surface area contributed by atoms with Crippen LogP contribution in [-0.2, 0) is 0 Å². The lowest BCUT2D eigenvalue weighted by molar-refractivity contribution is 0.304. The Balaban J connectivity index is 2.20. The molecule has 0 aliphatic carbocycles. The predicted molar refractivity (Wildman–Crippen MR) is 78.1 cm³/mol. The van der Waals surface area contributed by atoms with Gasteiger partial charge in [0, 0.05) is 28.2 Å². The van der Waals surface area contributed by atoms with E-state index in [-0.39, 0.29) is 6.61 Å². The van der Waals surface area contributed by atoms with Crippen molar-refractivity contribution >= 4 is 33.8 Å². The Hall–Kier alpha value is -1.10. The molecule has 2 rings (SSSR count). The quantitative estimate of drug-likeness (QED) is 0.893. The first kappa shape index (κ1) is 12.4. The Bertz CT molecular complexity index is 501. The van der Waals surface area contributed by atoms with Gasteiger partial charge in [-0.25, -0.2) is 0 Å². The van der Waals surface area contributed by atoms with Crippen LogP contribution in [0.15, 0.2) is 30.8 Å². The second-order valence-corrected chi connectivity index (χ2v) is 5.87. The maximum absolute atomic E-state index is 8.91. The summed E-state index contributed by atoms with van der Waals surface area (Å²) >= 11 is 3.50. The van der Waals surface area contributed by atoms with Crippen LogP contribution in [0.5, 0.6) is 0 Å². The van der Waals surface area contributed by atoms with Crippen molar-refractivity contribution in [2.75, 3.05) is 25.1 Å². The highest BCUT2D eigenvalue weighted by Crippen LogP contribution is 2.37. The third-order valence-corrected chi connectivity index (χ3v) is 4.95. The Morgan fingerprint density at radius 1 is 1.24 bits per heavy atom. The molecule has 90 valence electrons. The van der Waals surface area contributed by atoms with E-state index in [0.29, 0.717) is 6.54 Å². The van der Waals surface area contributed by atoms with Crippen LogP contribution in [0.1, 0.15) is 4.88 Å². The highest BCUT2D eigenvalue weighted by Gasteiger charge is 2.07. The summed E-state index contributed by atoms with van der Waals surface area (Å²) in [7, 11) is 2.00. The summed E-state index contributed by atoms with van der Waals surface area (Å²) in [6.45, 7) is 4.63. The zero-order valence-corrected chi connectivity index (χ0v) is 11.4. The second kappa shape index (κ2) is 5.49. The van der Waals surface area contributed by atoms with Gasteiger partial charge < -0.3 is 10.0 Å². The Kier molecular flexibility index (Phi) is 3.99. The van der Waals surface area contributed by atoms with Crippen LogP contribution in [-0.4, -0.2) is 25.3 Å². The van der Waals surface area contributed by atoms with Gasteiger partial charge in [-0.1, -0.05) is 12.7 Å². The van der Waals surface area contributed by atoms with E-state index in [2.05, 4.69) is 35.7 Å². The van der Waals surface area contributed by atoms with Crippen molar-refractivity contribution in [3.05, 3.63) is 35.7 Å². The number of nitrogens with zero attached hydrogens (tertiary/aromatic N) is 1. The van der Waals surface area contributed by atoms with Crippen LogP contribution in [0.25, 0.3) is 15.8 Å². The summed E-state index contributed by atoms with van der Waals surface area (Å²) in [5, 5.41) is 10.1. The van der Waals surface area contributed by atoms with Gasteiger partial charge in [-0.05, 0) is 24.3 Å². The molecule has 0 spiro atoms. The molecule has 0 aromatic carbocycles. The summed E-state index contributed by atoms with van der Waals surface area (Å²) in [4.78, 5) is 5.80. The van der Waals surface area contributed by atoms with Gasteiger partial charge in [0.05, 0.1) is 11.6 Å². The molecule has 0 saturated heterocycles. The third kappa shape index (κ3) is 2.77. The van der Waals surface area contributed by atoms with Crippen LogP contribution in [0.2, 0.25) is 0 Å². The lowest BCUT2D eigenvalue weighted by atomic mass is 10.3. The van der Waals surface area contributed by atoms with Gasteiger partial charge in [0.1, 0.15) is 0 Å².